The molecule has 2 aliphatic rings. The summed E-state index contributed by atoms with van der Waals surface area (Å²) in [6, 6.07) is 16.6. The first-order valence-corrected chi connectivity index (χ1v) is 11.2. The summed E-state index contributed by atoms with van der Waals surface area (Å²) >= 11 is 0. The number of carbonyl (C=O) groups excluding carboxylic acids is 1. The molecule has 2 aliphatic heterocycles. The van der Waals surface area contributed by atoms with Crippen molar-refractivity contribution >= 4 is 17.3 Å². The minimum absolute atomic E-state index is 0.0665. The molecule has 0 aromatic heterocycles. The number of fused-ring (bicyclic) bond motifs is 2. The third kappa shape index (κ3) is 4.05. The van der Waals surface area contributed by atoms with Crippen molar-refractivity contribution in [2.24, 2.45) is 0 Å². The van der Waals surface area contributed by atoms with E-state index in [-0.39, 0.29) is 22.8 Å². The highest BCUT2D eigenvalue weighted by atomic mass is 19.1. The summed E-state index contributed by atoms with van der Waals surface area (Å²) in [5, 5.41) is 10.9. The molecule has 0 aliphatic carbocycles. The second-order valence-corrected chi connectivity index (χ2v) is 9.04. The van der Waals surface area contributed by atoms with Crippen molar-refractivity contribution in [2.75, 3.05) is 24.5 Å². The van der Waals surface area contributed by atoms with Crippen LogP contribution < -0.4 is 4.90 Å². The highest BCUT2D eigenvalue weighted by Crippen LogP contribution is 2.47. The zero-order chi connectivity index (χ0) is 23.9. The summed E-state index contributed by atoms with van der Waals surface area (Å²) in [7, 11) is 0. The fraction of sp³-hybridized carbons (Fsp3) is 0.269. The summed E-state index contributed by atoms with van der Waals surface area (Å²) in [5.74, 6) is -0.960. The highest BCUT2D eigenvalue weighted by Gasteiger charge is 2.46. The Kier molecular flexibility index (Phi) is 5.61. The van der Waals surface area contributed by atoms with Gasteiger partial charge >= 0.3 is 0 Å². The summed E-state index contributed by atoms with van der Waals surface area (Å²) < 4.78 is 27.6. The van der Waals surface area contributed by atoms with Crippen molar-refractivity contribution in [3.63, 3.8) is 0 Å². The number of likely N-dealkylation sites (tertiary alicyclic amines) is 1. The van der Waals surface area contributed by atoms with E-state index >= 15 is 0 Å². The first kappa shape index (κ1) is 22.2. The summed E-state index contributed by atoms with van der Waals surface area (Å²) in [6.07, 6.45) is 1.51. The van der Waals surface area contributed by atoms with Gasteiger partial charge in [-0.1, -0.05) is 12.1 Å². The van der Waals surface area contributed by atoms with Crippen LogP contribution in [-0.2, 0) is 12.0 Å². The fourth-order valence-corrected chi connectivity index (χ4v) is 5.12. The molecule has 2 heterocycles. The Labute approximate surface area is 195 Å². The van der Waals surface area contributed by atoms with Crippen molar-refractivity contribution in [1.82, 2.24) is 4.90 Å². The van der Waals surface area contributed by atoms with Crippen LogP contribution >= 0.6 is 0 Å². The van der Waals surface area contributed by atoms with E-state index in [2.05, 4.69) is 4.90 Å². The number of piperidine rings is 1. The first-order chi connectivity index (χ1) is 16.3. The molecule has 0 atom stereocenters. The molecule has 8 heteroatoms. The van der Waals surface area contributed by atoms with E-state index < -0.39 is 10.7 Å². The molecule has 1 amide bonds. The average molecular weight is 463 g/mol. The number of benzene rings is 3. The standard InChI is InChI=1S/C26H23F2N3O3/c27-20-5-3-19(4-6-20)25(32)30-17-26(23-15-21(28)7-10-24(23)30)11-13-29(14-12-26)16-18-1-8-22(9-2-18)31(33)34/h1-10,15H,11-14,16-17H2. The number of hydrogen-bond donors (Lipinski definition) is 0. The molecule has 1 spiro atoms. The van der Waals surface area contributed by atoms with Crippen molar-refractivity contribution in [2.45, 2.75) is 24.8 Å². The lowest BCUT2D eigenvalue weighted by molar-refractivity contribution is -0.384. The smallest absolute Gasteiger partial charge is 0.269 e. The number of amides is 1. The van der Waals surface area contributed by atoms with Crippen molar-refractivity contribution < 1.29 is 18.5 Å². The molecule has 1 fully saturated rings. The van der Waals surface area contributed by atoms with E-state index in [1.807, 2.05) is 0 Å². The summed E-state index contributed by atoms with van der Waals surface area (Å²) in [5.41, 5.74) is 2.66. The third-order valence-corrected chi connectivity index (χ3v) is 6.98. The second kappa shape index (κ2) is 8.61. The van der Waals surface area contributed by atoms with Crippen LogP contribution in [-0.4, -0.2) is 35.4 Å². The molecule has 3 aromatic carbocycles. The molecule has 0 N–H and O–H groups in total. The Morgan fingerprint density at radius 3 is 2.24 bits per heavy atom. The monoisotopic (exact) mass is 463 g/mol. The van der Waals surface area contributed by atoms with Crippen LogP contribution in [0.5, 0.6) is 0 Å². The van der Waals surface area contributed by atoms with Crippen LogP contribution in [0.15, 0.2) is 66.7 Å². The minimum atomic E-state index is -0.413. The van der Waals surface area contributed by atoms with Gasteiger partial charge in [0.05, 0.1) is 4.92 Å². The number of nitro benzene ring substituents is 1. The number of nitro groups is 1. The Morgan fingerprint density at radius 1 is 0.941 bits per heavy atom. The van der Waals surface area contributed by atoms with Gasteiger partial charge in [-0.05, 0) is 79.5 Å². The number of rotatable bonds is 4. The van der Waals surface area contributed by atoms with Crippen molar-refractivity contribution in [3.05, 3.63) is 105 Å². The highest BCUT2D eigenvalue weighted by molar-refractivity contribution is 6.07. The lowest BCUT2D eigenvalue weighted by atomic mass is 9.74. The maximum absolute atomic E-state index is 14.2. The van der Waals surface area contributed by atoms with Crippen LogP contribution in [0.3, 0.4) is 0 Å². The minimum Gasteiger partial charge on any atom is -0.307 e. The Bertz CT molecular complexity index is 1240. The molecule has 5 rings (SSSR count). The number of anilines is 1. The average Bonchev–Trinajstić information content (AvgIpc) is 3.14. The van der Waals surface area contributed by atoms with Gasteiger partial charge in [0.25, 0.3) is 11.6 Å². The molecule has 0 bridgehead atoms. The molecule has 6 nitrogen and oxygen atoms in total. The van der Waals surface area contributed by atoms with Gasteiger partial charge in [0.1, 0.15) is 11.6 Å². The summed E-state index contributed by atoms with van der Waals surface area (Å²) in [6.45, 7) is 2.63. The summed E-state index contributed by atoms with van der Waals surface area (Å²) in [4.78, 5) is 27.7. The Hall–Kier alpha value is -3.65. The van der Waals surface area contributed by atoms with Gasteiger partial charge in [-0.2, -0.15) is 0 Å². The molecular formula is C26H23F2N3O3. The quantitative estimate of drug-likeness (QED) is 0.400. The number of nitrogens with zero attached hydrogens (tertiary/aromatic N) is 3. The van der Waals surface area contributed by atoms with Crippen LogP contribution in [0, 0.1) is 21.7 Å². The van der Waals surface area contributed by atoms with Gasteiger partial charge in [0.15, 0.2) is 0 Å². The molecule has 174 valence electrons. The van der Waals surface area contributed by atoms with Crippen molar-refractivity contribution in [3.8, 4) is 0 Å². The molecule has 34 heavy (non-hydrogen) atoms. The lowest BCUT2D eigenvalue weighted by Crippen LogP contribution is -2.45. The molecular weight excluding hydrogens is 440 g/mol. The van der Waals surface area contributed by atoms with Crippen LogP contribution in [0.4, 0.5) is 20.2 Å². The number of halogens is 2. The van der Waals surface area contributed by atoms with Gasteiger partial charge in [-0.3, -0.25) is 19.8 Å². The molecule has 3 aromatic rings. The zero-order valence-electron chi connectivity index (χ0n) is 18.4. The van der Waals surface area contributed by atoms with Gasteiger partial charge in [0.2, 0.25) is 0 Å². The zero-order valence-corrected chi connectivity index (χ0v) is 18.4. The third-order valence-electron chi connectivity index (χ3n) is 6.98. The SMILES string of the molecule is O=C(c1ccc(F)cc1)N1CC2(CCN(Cc3ccc([N+](=O)[O-])cc3)CC2)c2cc(F)ccc21. The van der Waals surface area contributed by atoms with Gasteiger partial charge in [-0.15, -0.1) is 0 Å². The number of non-ortho nitro benzene ring substituents is 1. The molecule has 0 unspecified atom stereocenters. The maximum Gasteiger partial charge on any atom is 0.269 e. The Balaban J connectivity index is 1.34. The van der Waals surface area contributed by atoms with Crippen LogP contribution in [0.1, 0.15) is 34.3 Å². The van der Waals surface area contributed by atoms with E-state index in [4.69, 9.17) is 0 Å². The van der Waals surface area contributed by atoms with E-state index in [0.29, 0.717) is 24.3 Å². The van der Waals surface area contributed by atoms with E-state index in [1.165, 1.54) is 42.5 Å². The van der Waals surface area contributed by atoms with Crippen molar-refractivity contribution in [1.29, 1.82) is 0 Å². The van der Waals surface area contributed by atoms with E-state index in [1.54, 1.807) is 29.2 Å². The normalized spacial score (nSPS) is 17.1. The largest absolute Gasteiger partial charge is 0.307 e. The topological polar surface area (TPSA) is 66.7 Å². The molecule has 0 radical (unpaired) electrons. The van der Waals surface area contributed by atoms with Crippen LogP contribution in [0.25, 0.3) is 0 Å². The van der Waals surface area contributed by atoms with Crippen LogP contribution in [0.2, 0.25) is 0 Å². The van der Waals surface area contributed by atoms with Gasteiger partial charge in [-0.25, -0.2) is 8.78 Å². The predicted octanol–water partition coefficient (Wildman–Crippen LogP) is 5.07. The second-order valence-electron chi connectivity index (χ2n) is 9.04. The fourth-order valence-electron chi connectivity index (χ4n) is 5.12. The van der Waals surface area contributed by atoms with E-state index in [0.717, 1.165) is 37.1 Å². The maximum atomic E-state index is 14.2. The predicted molar refractivity (Wildman–Crippen MR) is 124 cm³/mol. The van der Waals surface area contributed by atoms with Gasteiger partial charge < -0.3 is 4.90 Å². The first-order valence-electron chi connectivity index (χ1n) is 11.2. The number of carbonyl (C=O) groups is 1. The number of hydrogen-bond acceptors (Lipinski definition) is 4. The van der Waals surface area contributed by atoms with E-state index in [9.17, 15) is 23.7 Å². The van der Waals surface area contributed by atoms with Gasteiger partial charge in [0, 0.05) is 41.9 Å². The Morgan fingerprint density at radius 2 is 1.59 bits per heavy atom. The lowest BCUT2D eigenvalue weighted by Gasteiger charge is -2.40. The molecule has 0 saturated carbocycles. The molecule has 1 saturated heterocycles.